The van der Waals surface area contributed by atoms with E-state index in [1.54, 1.807) is 24.3 Å². The van der Waals surface area contributed by atoms with Gasteiger partial charge in [0.2, 0.25) is 0 Å². The SMILES string of the molecule is O=Cc1cc(C=O)cc(-c2ccc(-c3cc(C=O)cc(C=O)c3)s2)c1. The van der Waals surface area contributed by atoms with E-state index in [1.165, 1.54) is 23.5 Å². The Bertz CT molecular complexity index is 855. The Morgan fingerprint density at radius 3 is 1.12 bits per heavy atom. The van der Waals surface area contributed by atoms with E-state index in [2.05, 4.69) is 0 Å². The molecule has 0 aliphatic heterocycles. The number of hydrogen-bond donors (Lipinski definition) is 0. The van der Waals surface area contributed by atoms with Crippen molar-refractivity contribution in [3.8, 4) is 20.9 Å². The van der Waals surface area contributed by atoms with E-state index in [-0.39, 0.29) is 0 Å². The number of hydrogen-bond acceptors (Lipinski definition) is 5. The van der Waals surface area contributed by atoms with Crippen molar-refractivity contribution < 1.29 is 19.2 Å². The lowest BCUT2D eigenvalue weighted by Crippen LogP contribution is -1.87. The normalized spacial score (nSPS) is 10.2. The molecule has 0 saturated heterocycles. The third kappa shape index (κ3) is 3.51. The molecule has 0 saturated carbocycles. The van der Waals surface area contributed by atoms with Crippen molar-refractivity contribution in [2.45, 2.75) is 0 Å². The fourth-order valence-electron chi connectivity index (χ4n) is 2.56. The Balaban J connectivity index is 2.06. The van der Waals surface area contributed by atoms with Crippen LogP contribution >= 0.6 is 11.3 Å². The Kier molecular flexibility index (Phi) is 4.77. The second-order valence-electron chi connectivity index (χ2n) is 5.41. The molecule has 2 aromatic carbocycles. The summed E-state index contributed by atoms with van der Waals surface area (Å²) in [5.41, 5.74) is 3.26. The highest BCUT2D eigenvalue weighted by atomic mass is 32.1. The molecule has 0 fully saturated rings. The van der Waals surface area contributed by atoms with Gasteiger partial charge in [-0.3, -0.25) is 19.2 Å². The second-order valence-corrected chi connectivity index (χ2v) is 6.50. The summed E-state index contributed by atoms with van der Waals surface area (Å²) in [5, 5.41) is 0. The summed E-state index contributed by atoms with van der Waals surface area (Å²) in [6, 6.07) is 13.7. The molecule has 25 heavy (non-hydrogen) atoms. The van der Waals surface area contributed by atoms with Crippen molar-refractivity contribution in [1.29, 1.82) is 0 Å². The van der Waals surface area contributed by atoms with Gasteiger partial charge in [0.05, 0.1) is 0 Å². The van der Waals surface area contributed by atoms with Gasteiger partial charge in [-0.1, -0.05) is 0 Å². The first kappa shape index (κ1) is 16.7. The summed E-state index contributed by atoms with van der Waals surface area (Å²) in [6.07, 6.45) is 2.81. The average molecular weight is 348 g/mol. The predicted octanol–water partition coefficient (Wildman–Crippen LogP) is 4.33. The molecule has 0 aliphatic rings. The van der Waals surface area contributed by atoms with E-state index in [9.17, 15) is 19.2 Å². The van der Waals surface area contributed by atoms with Crippen molar-refractivity contribution in [2.75, 3.05) is 0 Å². The lowest BCUT2D eigenvalue weighted by Gasteiger charge is -2.02. The number of rotatable bonds is 6. The van der Waals surface area contributed by atoms with E-state index in [1.807, 2.05) is 12.1 Å². The minimum Gasteiger partial charge on any atom is -0.298 e. The zero-order valence-corrected chi connectivity index (χ0v) is 13.8. The van der Waals surface area contributed by atoms with Crippen LogP contribution in [0, 0.1) is 0 Å². The minimum atomic E-state index is 0.431. The zero-order valence-electron chi connectivity index (χ0n) is 13.0. The predicted molar refractivity (Wildman–Crippen MR) is 96.7 cm³/mol. The van der Waals surface area contributed by atoms with Crippen LogP contribution in [0.2, 0.25) is 0 Å². The third-order valence-electron chi connectivity index (χ3n) is 3.67. The molecule has 0 N–H and O–H groups in total. The number of benzene rings is 2. The number of carbonyl (C=O) groups excluding carboxylic acids is 4. The summed E-state index contributed by atoms with van der Waals surface area (Å²) in [7, 11) is 0. The van der Waals surface area contributed by atoms with Crippen LogP contribution in [0.25, 0.3) is 20.9 Å². The molecule has 3 rings (SSSR count). The summed E-state index contributed by atoms with van der Waals surface area (Å²) in [5.74, 6) is 0. The van der Waals surface area contributed by atoms with Crippen molar-refractivity contribution in [3.63, 3.8) is 0 Å². The molecule has 1 heterocycles. The highest BCUT2D eigenvalue weighted by Gasteiger charge is 2.09. The Labute approximate surface area is 147 Å². The van der Waals surface area contributed by atoms with Crippen molar-refractivity contribution in [3.05, 3.63) is 70.8 Å². The van der Waals surface area contributed by atoms with Gasteiger partial charge in [-0.15, -0.1) is 11.3 Å². The molecule has 122 valence electrons. The second kappa shape index (κ2) is 7.15. The van der Waals surface area contributed by atoms with Gasteiger partial charge < -0.3 is 0 Å². The summed E-state index contributed by atoms with van der Waals surface area (Å²) < 4.78 is 0. The maximum absolute atomic E-state index is 11.0. The molecule has 5 heteroatoms. The van der Waals surface area contributed by atoms with Crippen LogP contribution in [0.5, 0.6) is 0 Å². The number of thiophene rings is 1. The van der Waals surface area contributed by atoms with Gasteiger partial charge in [-0.2, -0.15) is 0 Å². The summed E-state index contributed by atoms with van der Waals surface area (Å²) in [6.45, 7) is 0. The average Bonchev–Trinajstić information content (AvgIpc) is 3.17. The van der Waals surface area contributed by atoms with E-state index in [4.69, 9.17) is 0 Å². The number of carbonyl (C=O) groups is 4. The molecule has 0 atom stereocenters. The van der Waals surface area contributed by atoms with Crippen molar-refractivity contribution >= 4 is 36.5 Å². The van der Waals surface area contributed by atoms with Gasteiger partial charge in [0.15, 0.2) is 0 Å². The largest absolute Gasteiger partial charge is 0.298 e. The molecule has 3 aromatic rings. The van der Waals surface area contributed by atoms with Crippen LogP contribution in [0.4, 0.5) is 0 Å². The third-order valence-corrected chi connectivity index (χ3v) is 4.86. The van der Waals surface area contributed by atoms with Gasteiger partial charge >= 0.3 is 0 Å². The van der Waals surface area contributed by atoms with E-state index in [0.29, 0.717) is 47.4 Å². The van der Waals surface area contributed by atoms with E-state index < -0.39 is 0 Å². The first-order chi connectivity index (χ1) is 12.2. The van der Waals surface area contributed by atoms with Gasteiger partial charge in [0.25, 0.3) is 0 Å². The summed E-state index contributed by atoms with van der Waals surface area (Å²) >= 11 is 1.45. The van der Waals surface area contributed by atoms with Crippen LogP contribution < -0.4 is 0 Å². The lowest BCUT2D eigenvalue weighted by molar-refractivity contribution is 0.111. The molecule has 0 spiro atoms. The smallest absolute Gasteiger partial charge is 0.150 e. The Morgan fingerprint density at radius 1 is 0.520 bits per heavy atom. The number of aldehydes is 4. The first-order valence-electron chi connectivity index (χ1n) is 7.38. The standard InChI is InChI=1S/C20H12O4S/c21-9-13-3-14(10-22)6-17(5-13)19-1-2-20(25-19)18-7-15(11-23)4-16(8-18)12-24/h1-12H. The van der Waals surface area contributed by atoms with Crippen molar-refractivity contribution in [1.82, 2.24) is 0 Å². The molecular formula is C20H12O4S. The molecule has 4 nitrogen and oxygen atoms in total. The minimum absolute atomic E-state index is 0.431. The first-order valence-corrected chi connectivity index (χ1v) is 8.20. The van der Waals surface area contributed by atoms with E-state index in [0.717, 1.165) is 20.9 Å². The highest BCUT2D eigenvalue weighted by Crippen LogP contribution is 2.35. The van der Waals surface area contributed by atoms with Crippen LogP contribution in [-0.2, 0) is 0 Å². The van der Waals surface area contributed by atoms with Crippen LogP contribution in [0.3, 0.4) is 0 Å². The molecule has 0 amide bonds. The van der Waals surface area contributed by atoms with Gasteiger partial charge in [-0.05, 0) is 59.7 Å². The van der Waals surface area contributed by atoms with Crippen LogP contribution in [0.1, 0.15) is 41.4 Å². The fraction of sp³-hybridized carbons (Fsp3) is 0. The molecule has 0 bridgehead atoms. The van der Waals surface area contributed by atoms with Gasteiger partial charge in [-0.25, -0.2) is 0 Å². The molecule has 1 aromatic heterocycles. The van der Waals surface area contributed by atoms with Gasteiger partial charge in [0, 0.05) is 32.0 Å². The summed E-state index contributed by atoms with van der Waals surface area (Å²) in [4.78, 5) is 46.0. The van der Waals surface area contributed by atoms with Gasteiger partial charge in [0.1, 0.15) is 25.1 Å². The zero-order chi connectivity index (χ0) is 17.8. The Morgan fingerprint density at radius 2 is 0.840 bits per heavy atom. The topological polar surface area (TPSA) is 68.3 Å². The quantitative estimate of drug-likeness (QED) is 0.622. The van der Waals surface area contributed by atoms with E-state index >= 15 is 0 Å². The fourth-order valence-corrected chi connectivity index (χ4v) is 3.54. The Hall–Kier alpha value is -3.18. The monoisotopic (exact) mass is 348 g/mol. The van der Waals surface area contributed by atoms with Crippen molar-refractivity contribution in [2.24, 2.45) is 0 Å². The molecule has 0 aliphatic carbocycles. The highest BCUT2D eigenvalue weighted by molar-refractivity contribution is 7.18. The molecule has 0 radical (unpaired) electrons. The van der Waals surface area contributed by atoms with Crippen LogP contribution in [-0.4, -0.2) is 25.1 Å². The maximum Gasteiger partial charge on any atom is 0.150 e. The maximum atomic E-state index is 11.0. The van der Waals surface area contributed by atoms with Crippen LogP contribution in [0.15, 0.2) is 48.5 Å². The molecular weight excluding hydrogens is 336 g/mol. The molecule has 0 unspecified atom stereocenters. The lowest BCUT2D eigenvalue weighted by atomic mass is 10.0.